The number of aliphatic hydroxyl groups is 1. The van der Waals surface area contributed by atoms with Gasteiger partial charge in [-0.3, -0.25) is 9.36 Å². The fourth-order valence-corrected chi connectivity index (χ4v) is 7.38. The average Bonchev–Trinajstić information content (AvgIpc) is 3.56. The van der Waals surface area contributed by atoms with E-state index < -0.39 is 18.0 Å². The van der Waals surface area contributed by atoms with Gasteiger partial charge in [-0.05, 0) is 89.1 Å². The molecule has 1 aromatic heterocycles. The van der Waals surface area contributed by atoms with Gasteiger partial charge in [0.1, 0.15) is 5.82 Å². The van der Waals surface area contributed by atoms with E-state index >= 15 is 0 Å². The van der Waals surface area contributed by atoms with Crippen molar-refractivity contribution in [2.45, 2.75) is 37.2 Å². The van der Waals surface area contributed by atoms with E-state index in [0.29, 0.717) is 6.42 Å². The van der Waals surface area contributed by atoms with E-state index in [9.17, 15) is 24.7 Å². The lowest BCUT2D eigenvalue weighted by molar-refractivity contribution is 0.0696. The second-order valence-corrected chi connectivity index (χ2v) is 12.6. The number of hydrogen-bond donors (Lipinski definition) is 2. The van der Waals surface area contributed by atoms with Crippen LogP contribution in [-0.2, 0) is 0 Å². The van der Waals surface area contributed by atoms with Gasteiger partial charge in [0, 0.05) is 27.9 Å². The predicted molar refractivity (Wildman–Crippen MR) is 190 cm³/mol. The Kier molecular flexibility index (Phi) is 7.57. The van der Waals surface area contributed by atoms with Gasteiger partial charge in [0.05, 0.1) is 29.0 Å². The summed E-state index contributed by atoms with van der Waals surface area (Å²) in [6, 6.07) is 20.3. The van der Waals surface area contributed by atoms with Crippen LogP contribution >= 0.6 is 0 Å². The molecule has 49 heavy (non-hydrogen) atoms. The Morgan fingerprint density at radius 3 is 2.27 bits per heavy atom. The first-order valence-corrected chi connectivity index (χ1v) is 16.3. The number of nitrogens with zero attached hydrogens (tertiary/aromatic N) is 3. The highest BCUT2D eigenvalue weighted by Crippen LogP contribution is 2.54. The van der Waals surface area contributed by atoms with Crippen LogP contribution in [0.4, 0.5) is 0 Å². The first-order valence-electron chi connectivity index (χ1n) is 16.3. The first kappa shape index (κ1) is 30.4. The molecule has 0 radical (unpaired) electrons. The van der Waals surface area contributed by atoms with Crippen LogP contribution in [0.25, 0.3) is 39.2 Å². The van der Waals surface area contributed by atoms with Crippen molar-refractivity contribution in [1.29, 1.82) is 0 Å². The molecule has 0 fully saturated rings. The molecule has 3 aromatic carbocycles. The Bertz CT molecular complexity index is 2230. The van der Waals surface area contributed by atoms with Crippen LogP contribution in [0.1, 0.15) is 74.5 Å². The highest BCUT2D eigenvalue weighted by atomic mass is 16.4. The number of rotatable bonds is 6. The van der Waals surface area contributed by atoms with E-state index in [1.54, 1.807) is 30.3 Å². The third-order valence-corrected chi connectivity index (χ3v) is 9.84. The summed E-state index contributed by atoms with van der Waals surface area (Å²) < 4.78 is 2.26. The van der Waals surface area contributed by atoms with Gasteiger partial charge in [-0.25, -0.2) is 9.78 Å². The highest BCUT2D eigenvalue weighted by molar-refractivity contribution is 5.97. The lowest BCUT2D eigenvalue weighted by atomic mass is 9.73. The van der Waals surface area contributed by atoms with E-state index in [4.69, 9.17) is 4.98 Å². The van der Waals surface area contributed by atoms with Gasteiger partial charge in [0.2, 0.25) is 0 Å². The van der Waals surface area contributed by atoms with Crippen molar-refractivity contribution >= 4 is 28.7 Å². The number of carbonyl (C=O) groups is 2. The predicted octanol–water partition coefficient (Wildman–Crippen LogP) is 8.55. The molecule has 3 atom stereocenters. The second-order valence-electron chi connectivity index (χ2n) is 12.6. The number of allylic oxidation sites excluding steroid dienone is 10. The summed E-state index contributed by atoms with van der Waals surface area (Å²) >= 11 is 0. The lowest BCUT2D eigenvalue weighted by Crippen LogP contribution is -2.20. The van der Waals surface area contributed by atoms with E-state index in [2.05, 4.69) is 58.3 Å². The van der Waals surface area contributed by atoms with Crippen LogP contribution in [0.5, 0.6) is 0 Å². The lowest BCUT2D eigenvalue weighted by Gasteiger charge is -2.32. The minimum Gasteiger partial charge on any atom is -0.478 e. The number of aromatic nitrogens is 2. The molecule has 4 aromatic rings. The molecule has 8 heteroatoms. The van der Waals surface area contributed by atoms with Crippen molar-refractivity contribution < 1.29 is 19.8 Å². The number of amides is 1. The number of imidazole rings is 1. The summed E-state index contributed by atoms with van der Waals surface area (Å²) in [5.41, 5.74) is 10.7. The van der Waals surface area contributed by atoms with Gasteiger partial charge in [0.25, 0.3) is 0 Å². The van der Waals surface area contributed by atoms with Gasteiger partial charge in [-0.15, -0.1) is 4.91 Å². The molecule has 8 nitrogen and oxygen atoms in total. The maximum absolute atomic E-state index is 11.8. The van der Waals surface area contributed by atoms with Crippen molar-refractivity contribution in [2.24, 2.45) is 5.18 Å². The molecule has 0 bridgehead atoms. The number of aliphatic hydroxyl groups excluding tert-OH is 1. The molecule has 0 saturated carbocycles. The van der Waals surface area contributed by atoms with Gasteiger partial charge in [0.15, 0.2) is 0 Å². The molecule has 4 aliphatic carbocycles. The summed E-state index contributed by atoms with van der Waals surface area (Å²) in [5, 5.41) is 23.2. The monoisotopic (exact) mass is 645 g/mol. The van der Waals surface area contributed by atoms with Gasteiger partial charge < -0.3 is 10.2 Å². The third kappa shape index (κ3) is 5.27. The quantitative estimate of drug-likeness (QED) is 0.203. The number of aromatic carboxylic acids is 1. The molecule has 4 aliphatic rings. The van der Waals surface area contributed by atoms with E-state index in [1.165, 1.54) is 0 Å². The maximum atomic E-state index is 11.8. The Labute approximate surface area is 282 Å². The van der Waals surface area contributed by atoms with Crippen LogP contribution < -0.4 is 0 Å². The molecule has 240 valence electrons. The number of carbonyl (C=O) groups excluding carboxylic acids is 1. The molecule has 0 spiro atoms. The van der Waals surface area contributed by atoms with Crippen LogP contribution in [0.2, 0.25) is 0 Å². The standard InChI is InChI=1S/C41H31N3O5/c45-36-9-5-4-8-33(36)39-42-37-34-22-28(24-10-14-26(15-11-24)40(46)43-49)18-20-31(34)32-21-19-29(25-12-16-27(17-13-25)41(47)48)23-35(32)38(37)44(39)30-6-2-1-3-7-30/h1-2,4-6,8-21,23,33-34,36,45H,3,7,22H2,(H,47,48). The number of nitroso groups, excluding NO2 is 1. The normalized spacial score (nSPS) is 20.3. The van der Waals surface area contributed by atoms with Crippen molar-refractivity contribution in [1.82, 2.24) is 9.55 Å². The Hall–Kier alpha value is -5.99. The Balaban J connectivity index is 1.33. The SMILES string of the molecule is O=NC(=O)c1ccc(C2=CC=C3c4ccc(-c5ccc(C(=O)O)cc5)cc4-c4c(nc(C5C=CC=CC5O)n4C4=CC=CCC4)C3C2)cc1. The molecule has 1 amide bonds. The van der Waals surface area contributed by atoms with Gasteiger partial charge >= 0.3 is 11.9 Å². The van der Waals surface area contributed by atoms with Crippen LogP contribution in [0.15, 0.2) is 127 Å². The van der Waals surface area contributed by atoms with Gasteiger partial charge in [-0.1, -0.05) is 85.0 Å². The molecule has 2 N–H and O–H groups in total. The molecule has 0 aliphatic heterocycles. The summed E-state index contributed by atoms with van der Waals surface area (Å²) in [5.74, 6) is -1.41. The Morgan fingerprint density at radius 2 is 1.55 bits per heavy atom. The molecule has 3 unspecified atom stereocenters. The van der Waals surface area contributed by atoms with Crippen molar-refractivity contribution in [3.63, 3.8) is 0 Å². The third-order valence-electron chi connectivity index (χ3n) is 9.84. The minimum absolute atomic E-state index is 0.0823. The summed E-state index contributed by atoms with van der Waals surface area (Å²) in [7, 11) is 0. The summed E-state index contributed by atoms with van der Waals surface area (Å²) in [4.78, 5) is 39.6. The fraction of sp³-hybridized carbons (Fsp3) is 0.146. The number of fused-ring (bicyclic) bond motifs is 6. The molecular weight excluding hydrogens is 614 g/mol. The van der Waals surface area contributed by atoms with E-state index in [-0.39, 0.29) is 23.0 Å². The largest absolute Gasteiger partial charge is 0.478 e. The maximum Gasteiger partial charge on any atom is 0.335 e. The second kappa shape index (κ2) is 12.2. The Morgan fingerprint density at radius 1 is 0.816 bits per heavy atom. The molecule has 1 heterocycles. The number of carboxylic acid groups (broad SMARTS) is 1. The van der Waals surface area contributed by atoms with Crippen LogP contribution in [0, 0.1) is 4.91 Å². The van der Waals surface area contributed by atoms with Crippen molar-refractivity contribution in [3.05, 3.63) is 160 Å². The zero-order valence-electron chi connectivity index (χ0n) is 26.4. The van der Waals surface area contributed by atoms with Gasteiger partial charge in [-0.2, -0.15) is 0 Å². The average molecular weight is 646 g/mol. The van der Waals surface area contributed by atoms with E-state index in [1.807, 2.05) is 42.5 Å². The van der Waals surface area contributed by atoms with Crippen LogP contribution in [0.3, 0.4) is 0 Å². The number of hydrogen-bond acceptors (Lipinski definition) is 5. The minimum atomic E-state index is -0.966. The fourth-order valence-electron chi connectivity index (χ4n) is 7.38. The summed E-state index contributed by atoms with van der Waals surface area (Å²) in [6.45, 7) is 0. The smallest absolute Gasteiger partial charge is 0.335 e. The topological polar surface area (TPSA) is 122 Å². The number of carboxylic acids is 1. The van der Waals surface area contributed by atoms with Crippen LogP contribution in [-0.4, -0.2) is 37.7 Å². The zero-order valence-corrected chi connectivity index (χ0v) is 26.4. The van der Waals surface area contributed by atoms with Crippen molar-refractivity contribution in [3.8, 4) is 22.4 Å². The number of benzene rings is 3. The highest BCUT2D eigenvalue weighted by Gasteiger charge is 2.39. The van der Waals surface area contributed by atoms with Crippen molar-refractivity contribution in [2.75, 3.05) is 0 Å². The zero-order chi connectivity index (χ0) is 33.6. The molecule has 0 saturated heterocycles. The molecular formula is C41H31N3O5. The summed E-state index contributed by atoms with van der Waals surface area (Å²) in [6.07, 6.45) is 19.9. The first-order chi connectivity index (χ1) is 23.9. The molecule has 8 rings (SSSR count). The van der Waals surface area contributed by atoms with E-state index in [0.717, 1.165) is 74.7 Å².